The van der Waals surface area contributed by atoms with E-state index in [-0.39, 0.29) is 11.8 Å². The van der Waals surface area contributed by atoms with Crippen LogP contribution in [0.4, 0.5) is 0 Å². The zero-order chi connectivity index (χ0) is 9.14. The third kappa shape index (κ3) is 1.97. The molecule has 0 aliphatic heterocycles. The lowest BCUT2D eigenvalue weighted by Crippen LogP contribution is -2.20. The molecule has 0 aliphatic rings. The highest BCUT2D eigenvalue weighted by Crippen LogP contribution is 2.25. The van der Waals surface area contributed by atoms with Gasteiger partial charge in [0.15, 0.2) is 0 Å². The fourth-order valence-electron chi connectivity index (χ4n) is 0.942. The van der Waals surface area contributed by atoms with Crippen LogP contribution in [0.15, 0.2) is 22.7 Å². The molecule has 0 amide bonds. The Morgan fingerprint density at radius 3 is 2.75 bits per heavy atom. The lowest BCUT2D eigenvalue weighted by atomic mass is 10.1. The maximum absolute atomic E-state index is 9.16. The van der Waals surface area contributed by atoms with Crippen molar-refractivity contribution in [3.05, 3.63) is 28.2 Å². The van der Waals surface area contributed by atoms with Gasteiger partial charge in [0, 0.05) is 17.1 Å². The molecule has 1 rings (SSSR count). The molecule has 1 atom stereocenters. The van der Waals surface area contributed by atoms with E-state index in [1.165, 1.54) is 0 Å². The van der Waals surface area contributed by atoms with Gasteiger partial charge in [-0.2, -0.15) is 0 Å². The van der Waals surface area contributed by atoms with E-state index in [0.29, 0.717) is 6.54 Å². The van der Waals surface area contributed by atoms with E-state index in [4.69, 9.17) is 16.6 Å². The summed E-state index contributed by atoms with van der Waals surface area (Å²) in [5.74, 6) is 0.206. The number of phenols is 1. The lowest BCUT2D eigenvalue weighted by Gasteiger charge is -2.11. The maximum Gasteiger partial charge on any atom is 0.115 e. The summed E-state index contributed by atoms with van der Waals surface area (Å²) < 4.78 is 0.873. The van der Waals surface area contributed by atoms with Gasteiger partial charge < -0.3 is 16.6 Å². The molecule has 0 radical (unpaired) electrons. The van der Waals surface area contributed by atoms with Crippen molar-refractivity contribution in [3.63, 3.8) is 0 Å². The zero-order valence-electron chi connectivity index (χ0n) is 6.50. The van der Waals surface area contributed by atoms with Crippen LogP contribution in [0.2, 0.25) is 0 Å². The molecule has 3 nitrogen and oxygen atoms in total. The molecule has 1 aromatic rings. The summed E-state index contributed by atoms with van der Waals surface area (Å²) in [5.41, 5.74) is 11.9. The molecule has 5 N–H and O–H groups in total. The predicted octanol–water partition coefficient (Wildman–Crippen LogP) is 1.11. The van der Waals surface area contributed by atoms with Gasteiger partial charge in [0.05, 0.1) is 0 Å². The van der Waals surface area contributed by atoms with Gasteiger partial charge in [-0.1, -0.05) is 15.9 Å². The summed E-state index contributed by atoms with van der Waals surface area (Å²) in [4.78, 5) is 0. The Bertz CT molecular complexity index is 278. The van der Waals surface area contributed by atoms with Crippen molar-refractivity contribution in [2.24, 2.45) is 11.5 Å². The van der Waals surface area contributed by atoms with Crippen molar-refractivity contribution in [2.45, 2.75) is 6.04 Å². The summed E-state index contributed by atoms with van der Waals surface area (Å²) >= 11 is 3.33. The van der Waals surface area contributed by atoms with Crippen molar-refractivity contribution in [1.29, 1.82) is 0 Å². The van der Waals surface area contributed by atoms with Gasteiger partial charge in [-0.15, -0.1) is 0 Å². The number of rotatable bonds is 2. The molecular weight excluding hydrogens is 220 g/mol. The van der Waals surface area contributed by atoms with E-state index in [9.17, 15) is 0 Å². The third-order valence-electron chi connectivity index (χ3n) is 1.63. The minimum absolute atomic E-state index is 0.206. The highest BCUT2D eigenvalue weighted by Gasteiger charge is 2.08. The van der Waals surface area contributed by atoms with E-state index >= 15 is 0 Å². The first-order valence-electron chi connectivity index (χ1n) is 3.59. The van der Waals surface area contributed by atoms with Crippen molar-refractivity contribution in [3.8, 4) is 5.75 Å². The molecule has 0 fully saturated rings. The molecule has 12 heavy (non-hydrogen) atoms. The standard InChI is InChI=1S/C8H11BrN2O/c9-7-2-1-5(12)3-6(7)8(11)4-10/h1-3,8,12H,4,10-11H2/t8-/m0/s1. The Balaban J connectivity index is 3.04. The minimum Gasteiger partial charge on any atom is -0.508 e. The monoisotopic (exact) mass is 230 g/mol. The average molecular weight is 231 g/mol. The van der Waals surface area contributed by atoms with Crippen LogP contribution in [-0.4, -0.2) is 11.7 Å². The van der Waals surface area contributed by atoms with Crippen molar-refractivity contribution in [2.75, 3.05) is 6.54 Å². The van der Waals surface area contributed by atoms with E-state index in [2.05, 4.69) is 15.9 Å². The Hall–Kier alpha value is -0.580. The minimum atomic E-state index is -0.230. The second-order valence-electron chi connectivity index (χ2n) is 2.55. The molecule has 4 heteroatoms. The number of phenolic OH excluding ortho intramolecular Hbond substituents is 1. The summed E-state index contributed by atoms with van der Waals surface area (Å²) in [6.45, 7) is 0.363. The number of halogens is 1. The first-order chi connectivity index (χ1) is 5.65. The first-order valence-corrected chi connectivity index (χ1v) is 4.38. The second-order valence-corrected chi connectivity index (χ2v) is 3.40. The molecular formula is C8H11BrN2O. The highest BCUT2D eigenvalue weighted by atomic mass is 79.9. The maximum atomic E-state index is 9.16. The van der Waals surface area contributed by atoms with Crippen LogP contribution in [0, 0.1) is 0 Å². The molecule has 0 saturated heterocycles. The summed E-state index contributed by atoms with van der Waals surface area (Å²) in [5, 5.41) is 9.16. The van der Waals surface area contributed by atoms with Gasteiger partial charge in [-0.25, -0.2) is 0 Å². The molecule has 66 valence electrons. The zero-order valence-corrected chi connectivity index (χ0v) is 8.08. The topological polar surface area (TPSA) is 72.3 Å². The molecule has 0 aliphatic carbocycles. The molecule has 0 heterocycles. The van der Waals surface area contributed by atoms with Gasteiger partial charge in [-0.3, -0.25) is 0 Å². The predicted molar refractivity (Wildman–Crippen MR) is 51.8 cm³/mol. The molecule has 0 spiro atoms. The molecule has 0 saturated carbocycles. The Morgan fingerprint density at radius 1 is 1.50 bits per heavy atom. The SMILES string of the molecule is NC[C@H](N)c1cc(O)ccc1Br. The number of hydrogen-bond acceptors (Lipinski definition) is 3. The fourth-order valence-corrected chi connectivity index (χ4v) is 1.48. The van der Waals surface area contributed by atoms with Crippen LogP contribution >= 0.6 is 15.9 Å². The third-order valence-corrected chi connectivity index (χ3v) is 2.36. The van der Waals surface area contributed by atoms with Crippen LogP contribution in [0.1, 0.15) is 11.6 Å². The average Bonchev–Trinajstić information content (AvgIpc) is 2.08. The van der Waals surface area contributed by atoms with E-state index in [0.717, 1.165) is 10.0 Å². The van der Waals surface area contributed by atoms with Crippen LogP contribution in [0.3, 0.4) is 0 Å². The molecule has 0 bridgehead atoms. The number of aromatic hydroxyl groups is 1. The summed E-state index contributed by atoms with van der Waals surface area (Å²) in [6, 6.07) is 4.73. The quantitative estimate of drug-likeness (QED) is 0.713. The fraction of sp³-hybridized carbons (Fsp3) is 0.250. The van der Waals surface area contributed by atoms with E-state index in [1.807, 2.05) is 0 Å². The summed E-state index contributed by atoms with van der Waals surface area (Å²) in [6.07, 6.45) is 0. The van der Waals surface area contributed by atoms with Gasteiger partial charge >= 0.3 is 0 Å². The Labute approximate surface area is 79.5 Å². The smallest absolute Gasteiger partial charge is 0.115 e. The normalized spacial score (nSPS) is 12.9. The van der Waals surface area contributed by atoms with Gasteiger partial charge in [-0.05, 0) is 23.8 Å². The summed E-state index contributed by atoms with van der Waals surface area (Å²) in [7, 11) is 0. The van der Waals surface area contributed by atoms with E-state index < -0.39 is 0 Å². The van der Waals surface area contributed by atoms with Gasteiger partial charge in [0.2, 0.25) is 0 Å². The molecule has 0 unspecified atom stereocenters. The number of hydrogen-bond donors (Lipinski definition) is 3. The van der Waals surface area contributed by atoms with Crippen LogP contribution in [0.25, 0.3) is 0 Å². The highest BCUT2D eigenvalue weighted by molar-refractivity contribution is 9.10. The van der Waals surface area contributed by atoms with Crippen LogP contribution in [-0.2, 0) is 0 Å². The van der Waals surface area contributed by atoms with Crippen molar-refractivity contribution in [1.82, 2.24) is 0 Å². The number of benzene rings is 1. The molecule has 0 aromatic heterocycles. The Kier molecular flexibility index (Phi) is 3.08. The van der Waals surface area contributed by atoms with Crippen LogP contribution < -0.4 is 11.5 Å². The van der Waals surface area contributed by atoms with E-state index in [1.54, 1.807) is 18.2 Å². The van der Waals surface area contributed by atoms with Gasteiger partial charge in [0.25, 0.3) is 0 Å². The Morgan fingerprint density at radius 2 is 2.17 bits per heavy atom. The lowest BCUT2D eigenvalue weighted by molar-refractivity contribution is 0.473. The second kappa shape index (κ2) is 3.89. The largest absolute Gasteiger partial charge is 0.508 e. The molecule has 1 aromatic carbocycles. The van der Waals surface area contributed by atoms with Crippen LogP contribution in [0.5, 0.6) is 5.75 Å². The van der Waals surface area contributed by atoms with Crippen molar-refractivity contribution < 1.29 is 5.11 Å². The number of nitrogens with two attached hydrogens (primary N) is 2. The van der Waals surface area contributed by atoms with Crippen molar-refractivity contribution >= 4 is 15.9 Å². The first kappa shape index (κ1) is 9.51. The van der Waals surface area contributed by atoms with Gasteiger partial charge in [0.1, 0.15) is 5.75 Å².